The van der Waals surface area contributed by atoms with E-state index >= 15 is 0 Å². The van der Waals surface area contributed by atoms with Crippen LogP contribution < -0.4 is 14.8 Å². The Kier molecular flexibility index (Phi) is 5.43. The van der Waals surface area contributed by atoms with Gasteiger partial charge in [-0.2, -0.15) is 8.78 Å². The van der Waals surface area contributed by atoms with Crippen LogP contribution in [-0.4, -0.2) is 30.9 Å². The Morgan fingerprint density at radius 2 is 2.21 bits per heavy atom. The fraction of sp³-hybridized carbons (Fsp3) is 0.353. The molecule has 1 saturated heterocycles. The molecule has 5 nitrogen and oxygen atoms in total. The molecule has 0 saturated carbocycles. The molecule has 0 bridgehead atoms. The van der Waals surface area contributed by atoms with E-state index in [1.54, 1.807) is 24.5 Å². The van der Waals surface area contributed by atoms with Crippen molar-refractivity contribution in [2.75, 3.05) is 18.5 Å². The molecule has 1 N–H and O–H groups in total. The second-order valence-corrected chi connectivity index (χ2v) is 5.36. The van der Waals surface area contributed by atoms with E-state index in [2.05, 4.69) is 15.0 Å². The number of nitrogens with zero attached hydrogens (tertiary/aromatic N) is 1. The van der Waals surface area contributed by atoms with Gasteiger partial charge in [0, 0.05) is 37.1 Å². The fourth-order valence-electron chi connectivity index (χ4n) is 2.40. The van der Waals surface area contributed by atoms with Crippen molar-refractivity contribution < 1.29 is 23.0 Å². The van der Waals surface area contributed by atoms with E-state index in [0.29, 0.717) is 19.8 Å². The minimum atomic E-state index is -2.90. The number of aromatic nitrogens is 1. The summed E-state index contributed by atoms with van der Waals surface area (Å²) in [5.41, 5.74) is 1.76. The molecule has 1 aromatic heterocycles. The number of alkyl halides is 2. The van der Waals surface area contributed by atoms with E-state index in [9.17, 15) is 8.78 Å². The number of hydrogen-bond donors (Lipinski definition) is 1. The predicted octanol–water partition coefficient (Wildman–Crippen LogP) is 3.46. The van der Waals surface area contributed by atoms with E-state index in [1.807, 2.05) is 12.1 Å². The van der Waals surface area contributed by atoms with Crippen LogP contribution in [0.1, 0.15) is 12.0 Å². The van der Waals surface area contributed by atoms with E-state index in [4.69, 9.17) is 9.47 Å². The molecule has 1 fully saturated rings. The molecule has 3 rings (SSSR count). The summed E-state index contributed by atoms with van der Waals surface area (Å²) < 4.78 is 40.7. The molecule has 1 unspecified atom stereocenters. The zero-order valence-corrected chi connectivity index (χ0v) is 13.0. The summed E-state index contributed by atoms with van der Waals surface area (Å²) in [6.07, 6.45) is 4.03. The molecular weight excluding hydrogens is 318 g/mol. The van der Waals surface area contributed by atoms with Crippen molar-refractivity contribution in [3.63, 3.8) is 0 Å². The molecule has 128 valence electrons. The van der Waals surface area contributed by atoms with Gasteiger partial charge in [-0.05, 0) is 23.8 Å². The molecule has 0 radical (unpaired) electrons. The highest BCUT2D eigenvalue weighted by Gasteiger charge is 2.20. The molecule has 1 aromatic carbocycles. The van der Waals surface area contributed by atoms with Crippen molar-refractivity contribution in [2.45, 2.75) is 25.7 Å². The zero-order chi connectivity index (χ0) is 16.8. The van der Waals surface area contributed by atoms with E-state index in [-0.39, 0.29) is 17.6 Å². The second kappa shape index (κ2) is 7.92. The summed E-state index contributed by atoms with van der Waals surface area (Å²) in [6, 6.07) is 8.61. The van der Waals surface area contributed by atoms with Crippen molar-refractivity contribution in [1.82, 2.24) is 4.98 Å². The molecule has 0 amide bonds. The lowest BCUT2D eigenvalue weighted by Gasteiger charge is -2.17. The molecule has 1 aliphatic rings. The van der Waals surface area contributed by atoms with Crippen LogP contribution in [0.5, 0.6) is 11.5 Å². The topological polar surface area (TPSA) is 52.6 Å². The molecule has 2 heterocycles. The van der Waals surface area contributed by atoms with Gasteiger partial charge in [0.25, 0.3) is 0 Å². The first-order chi connectivity index (χ1) is 11.7. The smallest absolute Gasteiger partial charge is 0.387 e. The molecule has 7 heteroatoms. The highest BCUT2D eigenvalue weighted by molar-refractivity contribution is 5.55. The Balaban J connectivity index is 1.72. The van der Waals surface area contributed by atoms with Crippen LogP contribution >= 0.6 is 0 Å². The summed E-state index contributed by atoms with van der Waals surface area (Å²) in [7, 11) is 0. The van der Waals surface area contributed by atoms with Crippen LogP contribution in [0.4, 0.5) is 14.5 Å². The van der Waals surface area contributed by atoms with Crippen LogP contribution in [0, 0.1) is 0 Å². The van der Waals surface area contributed by atoms with E-state index in [1.165, 1.54) is 6.07 Å². The average molecular weight is 336 g/mol. The monoisotopic (exact) mass is 336 g/mol. The Labute approximate surface area is 138 Å². The third kappa shape index (κ3) is 4.55. The lowest BCUT2D eigenvalue weighted by atomic mass is 10.2. The van der Waals surface area contributed by atoms with Gasteiger partial charge >= 0.3 is 6.61 Å². The number of benzene rings is 1. The Hall–Kier alpha value is -2.41. The molecule has 1 atom stereocenters. The number of anilines is 1. The Morgan fingerprint density at radius 3 is 2.92 bits per heavy atom. The normalized spacial score (nSPS) is 17.0. The Bertz CT molecular complexity index is 650. The fourth-order valence-corrected chi connectivity index (χ4v) is 2.40. The molecule has 0 aliphatic carbocycles. The number of ether oxygens (including phenoxy) is 3. The van der Waals surface area contributed by atoms with Crippen LogP contribution in [0.3, 0.4) is 0 Å². The standard InChI is InChI=1S/C17H18F2N2O3/c18-17(19)24-15-4-3-13(21-10-12-2-1-6-20-9-12)8-16(15)23-14-5-7-22-11-14/h1-4,6,8-9,14,17,21H,5,7,10-11H2. The molecule has 2 aromatic rings. The van der Waals surface area contributed by atoms with Crippen LogP contribution in [0.15, 0.2) is 42.7 Å². The quantitative estimate of drug-likeness (QED) is 0.839. The lowest BCUT2D eigenvalue weighted by Crippen LogP contribution is -2.17. The largest absolute Gasteiger partial charge is 0.484 e. The van der Waals surface area contributed by atoms with Gasteiger partial charge in [-0.1, -0.05) is 6.07 Å². The zero-order valence-electron chi connectivity index (χ0n) is 13.0. The first-order valence-electron chi connectivity index (χ1n) is 7.67. The molecule has 24 heavy (non-hydrogen) atoms. The van der Waals surface area contributed by atoms with Gasteiger partial charge in [0.15, 0.2) is 11.5 Å². The summed E-state index contributed by atoms with van der Waals surface area (Å²) in [5.74, 6) is 0.297. The van der Waals surface area contributed by atoms with Gasteiger partial charge in [-0.15, -0.1) is 0 Å². The van der Waals surface area contributed by atoms with Crippen LogP contribution in [-0.2, 0) is 11.3 Å². The average Bonchev–Trinajstić information content (AvgIpc) is 3.08. The van der Waals surface area contributed by atoms with Crippen molar-refractivity contribution in [2.24, 2.45) is 0 Å². The number of hydrogen-bond acceptors (Lipinski definition) is 5. The summed E-state index contributed by atoms with van der Waals surface area (Å²) in [5, 5.41) is 3.21. The van der Waals surface area contributed by atoms with Crippen molar-refractivity contribution >= 4 is 5.69 Å². The minimum Gasteiger partial charge on any atom is -0.484 e. The number of pyridine rings is 1. The predicted molar refractivity (Wildman–Crippen MR) is 84.5 cm³/mol. The number of nitrogens with one attached hydrogen (secondary N) is 1. The van der Waals surface area contributed by atoms with Gasteiger partial charge in [-0.3, -0.25) is 4.98 Å². The summed E-state index contributed by atoms with van der Waals surface area (Å²) in [6.45, 7) is -1.29. The number of halogens is 2. The minimum absolute atomic E-state index is 0.0174. The highest BCUT2D eigenvalue weighted by atomic mass is 19.3. The van der Waals surface area contributed by atoms with Gasteiger partial charge < -0.3 is 19.5 Å². The van der Waals surface area contributed by atoms with Crippen molar-refractivity contribution in [3.8, 4) is 11.5 Å². The van der Waals surface area contributed by atoms with Crippen molar-refractivity contribution in [3.05, 3.63) is 48.3 Å². The summed E-state index contributed by atoms with van der Waals surface area (Å²) in [4.78, 5) is 4.05. The highest BCUT2D eigenvalue weighted by Crippen LogP contribution is 2.33. The maximum atomic E-state index is 12.6. The van der Waals surface area contributed by atoms with Gasteiger partial charge in [0.2, 0.25) is 0 Å². The SMILES string of the molecule is FC(F)Oc1ccc(NCc2cccnc2)cc1OC1CCOC1. The van der Waals surface area contributed by atoms with Crippen LogP contribution in [0.2, 0.25) is 0 Å². The summed E-state index contributed by atoms with van der Waals surface area (Å²) >= 11 is 0. The van der Waals surface area contributed by atoms with Gasteiger partial charge in [0.1, 0.15) is 6.10 Å². The first-order valence-corrected chi connectivity index (χ1v) is 7.67. The van der Waals surface area contributed by atoms with E-state index in [0.717, 1.165) is 17.7 Å². The molecule has 0 spiro atoms. The Morgan fingerprint density at radius 1 is 1.29 bits per heavy atom. The van der Waals surface area contributed by atoms with Gasteiger partial charge in [-0.25, -0.2) is 0 Å². The molecule has 1 aliphatic heterocycles. The van der Waals surface area contributed by atoms with E-state index < -0.39 is 6.61 Å². The van der Waals surface area contributed by atoms with Crippen LogP contribution in [0.25, 0.3) is 0 Å². The van der Waals surface area contributed by atoms with Crippen molar-refractivity contribution in [1.29, 1.82) is 0 Å². The maximum absolute atomic E-state index is 12.6. The van der Waals surface area contributed by atoms with Gasteiger partial charge in [0.05, 0.1) is 13.2 Å². The maximum Gasteiger partial charge on any atom is 0.387 e. The lowest BCUT2D eigenvalue weighted by molar-refractivity contribution is -0.0520. The third-order valence-electron chi connectivity index (χ3n) is 3.56. The third-order valence-corrected chi connectivity index (χ3v) is 3.56. The second-order valence-electron chi connectivity index (χ2n) is 5.36. The first kappa shape index (κ1) is 16.4. The number of rotatable bonds is 7. The molecular formula is C17H18F2N2O3.